The summed E-state index contributed by atoms with van der Waals surface area (Å²) in [5.41, 5.74) is -0.174. The van der Waals surface area contributed by atoms with E-state index in [-0.39, 0.29) is 11.5 Å². The molecule has 0 heterocycles. The minimum absolute atomic E-state index is 0.0172. The van der Waals surface area contributed by atoms with Crippen LogP contribution in [-0.4, -0.2) is 30.1 Å². The molecule has 3 nitrogen and oxygen atoms in total. The zero-order chi connectivity index (χ0) is 9.56. The quantitative estimate of drug-likeness (QED) is 0.327. The fraction of sp³-hybridized carbons (Fsp3) is 0.714. The molecule has 1 unspecified atom stereocenters. The minimum atomic E-state index is -0.174. The minimum Gasteiger partial charge on any atom is -0.303 e. The van der Waals surface area contributed by atoms with E-state index in [1.54, 1.807) is 14.0 Å². The standard InChI is InChI=1S/C7H13Cl2N3/c1-5(7(9)10-3)11-4-12-6(2)8/h4-5,7,10H,1-3H3/t5-,7?/m1/s1. The van der Waals surface area contributed by atoms with Crippen LogP contribution >= 0.6 is 23.2 Å². The van der Waals surface area contributed by atoms with Gasteiger partial charge in [-0.2, -0.15) is 0 Å². The second-order valence-electron chi connectivity index (χ2n) is 2.32. The highest BCUT2D eigenvalue weighted by Gasteiger charge is 2.08. The van der Waals surface area contributed by atoms with Crippen molar-refractivity contribution in [3.05, 3.63) is 0 Å². The van der Waals surface area contributed by atoms with Crippen LogP contribution in [0, 0.1) is 0 Å². The first-order valence-electron chi connectivity index (χ1n) is 3.60. The summed E-state index contributed by atoms with van der Waals surface area (Å²) in [7, 11) is 1.78. The number of hydrogen-bond acceptors (Lipinski definition) is 2. The molecule has 0 aliphatic heterocycles. The molecule has 0 fully saturated rings. The van der Waals surface area contributed by atoms with E-state index in [0.717, 1.165) is 0 Å². The van der Waals surface area contributed by atoms with Crippen molar-refractivity contribution < 1.29 is 0 Å². The zero-order valence-corrected chi connectivity index (χ0v) is 8.89. The van der Waals surface area contributed by atoms with Crippen molar-refractivity contribution in [3.63, 3.8) is 0 Å². The average Bonchev–Trinajstić information content (AvgIpc) is 2.02. The maximum absolute atomic E-state index is 5.82. The highest BCUT2D eigenvalue weighted by Crippen LogP contribution is 2.01. The molecule has 12 heavy (non-hydrogen) atoms. The Morgan fingerprint density at radius 1 is 1.58 bits per heavy atom. The summed E-state index contributed by atoms with van der Waals surface area (Å²) in [6.45, 7) is 3.58. The number of rotatable bonds is 4. The number of halogens is 2. The number of alkyl halides is 1. The molecule has 0 radical (unpaired) electrons. The van der Waals surface area contributed by atoms with Gasteiger partial charge in [0.15, 0.2) is 0 Å². The van der Waals surface area contributed by atoms with Crippen LogP contribution in [0.3, 0.4) is 0 Å². The lowest BCUT2D eigenvalue weighted by Gasteiger charge is -2.11. The fourth-order valence-corrected chi connectivity index (χ4v) is 0.644. The van der Waals surface area contributed by atoms with Gasteiger partial charge in [0.2, 0.25) is 0 Å². The van der Waals surface area contributed by atoms with Gasteiger partial charge in [-0.25, -0.2) is 4.99 Å². The topological polar surface area (TPSA) is 36.8 Å². The molecule has 0 saturated heterocycles. The summed E-state index contributed by atoms with van der Waals surface area (Å²) in [5.74, 6) is 0. The third kappa shape index (κ3) is 5.52. The van der Waals surface area contributed by atoms with E-state index < -0.39 is 0 Å². The molecule has 0 spiro atoms. The van der Waals surface area contributed by atoms with Crippen LogP contribution in [0.2, 0.25) is 0 Å². The molecule has 1 N–H and O–H groups in total. The van der Waals surface area contributed by atoms with Gasteiger partial charge in [0.1, 0.15) is 17.0 Å². The predicted molar refractivity (Wildman–Crippen MR) is 55.6 cm³/mol. The Kier molecular flexibility index (Phi) is 6.34. The van der Waals surface area contributed by atoms with E-state index in [1.807, 2.05) is 6.92 Å². The Hall–Kier alpha value is -0.120. The van der Waals surface area contributed by atoms with Crippen LogP contribution in [0.1, 0.15) is 13.8 Å². The molecule has 0 bridgehead atoms. The lowest BCUT2D eigenvalue weighted by atomic mass is 10.3. The SMILES string of the molecule is CNC(Cl)[C@@H](C)N=CN=C(C)Cl. The van der Waals surface area contributed by atoms with Gasteiger partial charge in [0.05, 0.1) is 6.04 Å². The van der Waals surface area contributed by atoms with Crippen molar-refractivity contribution in [3.8, 4) is 0 Å². The van der Waals surface area contributed by atoms with Gasteiger partial charge in [-0.3, -0.25) is 4.99 Å². The Bertz CT molecular complexity index is 175. The monoisotopic (exact) mass is 209 g/mol. The molecule has 0 aliphatic rings. The molecule has 0 aromatic rings. The Balaban J connectivity index is 3.91. The van der Waals surface area contributed by atoms with E-state index in [9.17, 15) is 0 Å². The molecule has 0 aliphatic carbocycles. The van der Waals surface area contributed by atoms with Crippen molar-refractivity contribution in [2.24, 2.45) is 9.98 Å². The Labute approximate surface area is 82.9 Å². The number of nitrogens with one attached hydrogen (secondary N) is 1. The van der Waals surface area contributed by atoms with E-state index in [1.165, 1.54) is 6.34 Å². The van der Waals surface area contributed by atoms with Crippen LogP contribution in [0.15, 0.2) is 9.98 Å². The lowest BCUT2D eigenvalue weighted by molar-refractivity contribution is 0.616. The number of hydrogen-bond donors (Lipinski definition) is 1. The summed E-state index contributed by atoms with van der Waals surface area (Å²) in [5, 5.41) is 3.33. The van der Waals surface area contributed by atoms with Gasteiger partial charge >= 0.3 is 0 Å². The third-order valence-corrected chi connectivity index (χ3v) is 1.92. The third-order valence-electron chi connectivity index (χ3n) is 1.24. The van der Waals surface area contributed by atoms with Crippen molar-refractivity contribution in [2.45, 2.75) is 25.4 Å². The molecule has 0 rings (SSSR count). The Morgan fingerprint density at radius 3 is 2.58 bits per heavy atom. The average molecular weight is 210 g/mol. The second kappa shape index (κ2) is 6.40. The zero-order valence-electron chi connectivity index (χ0n) is 7.38. The van der Waals surface area contributed by atoms with Crippen molar-refractivity contribution in [1.29, 1.82) is 0 Å². The maximum Gasteiger partial charge on any atom is 0.111 e. The summed E-state index contributed by atoms with van der Waals surface area (Å²) in [6, 6.07) is -0.0172. The second-order valence-corrected chi connectivity index (χ2v) is 3.34. The predicted octanol–water partition coefficient (Wildman–Crippen LogP) is 1.84. The molecular formula is C7H13Cl2N3. The van der Waals surface area contributed by atoms with Gasteiger partial charge in [-0.15, -0.1) is 11.6 Å². The van der Waals surface area contributed by atoms with Crippen LogP contribution in [0.25, 0.3) is 0 Å². The fourth-order valence-electron chi connectivity index (χ4n) is 0.535. The summed E-state index contributed by atoms with van der Waals surface area (Å²) >= 11 is 11.3. The van der Waals surface area contributed by atoms with Crippen LogP contribution in [-0.2, 0) is 0 Å². The first-order chi connectivity index (χ1) is 5.57. The number of likely N-dealkylation sites (N-methyl/N-ethyl adjacent to an activating group) is 1. The van der Waals surface area contributed by atoms with E-state index >= 15 is 0 Å². The molecule has 0 aromatic carbocycles. The van der Waals surface area contributed by atoms with Crippen LogP contribution in [0.4, 0.5) is 0 Å². The lowest BCUT2D eigenvalue weighted by Crippen LogP contribution is -2.28. The van der Waals surface area contributed by atoms with Gasteiger partial charge in [0, 0.05) is 0 Å². The van der Waals surface area contributed by atoms with E-state index in [2.05, 4.69) is 15.3 Å². The van der Waals surface area contributed by atoms with Gasteiger partial charge in [-0.1, -0.05) is 11.6 Å². The number of aliphatic imine (C=N–C) groups is 2. The highest BCUT2D eigenvalue weighted by atomic mass is 35.5. The van der Waals surface area contributed by atoms with Crippen molar-refractivity contribution >= 4 is 34.7 Å². The first-order valence-corrected chi connectivity index (χ1v) is 4.42. The van der Waals surface area contributed by atoms with Gasteiger partial charge in [-0.05, 0) is 20.9 Å². The molecule has 0 amide bonds. The molecular weight excluding hydrogens is 197 g/mol. The summed E-state index contributed by atoms with van der Waals surface area (Å²) < 4.78 is 0. The smallest absolute Gasteiger partial charge is 0.111 e. The molecule has 0 saturated carbocycles. The van der Waals surface area contributed by atoms with Crippen molar-refractivity contribution in [2.75, 3.05) is 7.05 Å². The highest BCUT2D eigenvalue weighted by molar-refractivity contribution is 6.65. The van der Waals surface area contributed by atoms with Gasteiger partial charge < -0.3 is 5.32 Å². The van der Waals surface area contributed by atoms with Gasteiger partial charge in [0.25, 0.3) is 0 Å². The normalized spacial score (nSPS) is 18.2. The number of nitrogens with zero attached hydrogens (tertiary/aromatic N) is 2. The largest absolute Gasteiger partial charge is 0.303 e. The maximum atomic E-state index is 5.82. The summed E-state index contributed by atoms with van der Waals surface area (Å²) in [6.07, 6.45) is 1.42. The first kappa shape index (κ1) is 11.9. The van der Waals surface area contributed by atoms with E-state index in [0.29, 0.717) is 5.17 Å². The van der Waals surface area contributed by atoms with Crippen LogP contribution < -0.4 is 5.32 Å². The van der Waals surface area contributed by atoms with E-state index in [4.69, 9.17) is 23.2 Å². The molecule has 0 aromatic heterocycles. The summed E-state index contributed by atoms with van der Waals surface area (Å²) in [4.78, 5) is 7.83. The molecule has 2 atom stereocenters. The molecule has 70 valence electrons. The Morgan fingerprint density at radius 2 is 2.17 bits per heavy atom. The molecule has 5 heteroatoms. The van der Waals surface area contributed by atoms with Crippen molar-refractivity contribution in [1.82, 2.24) is 5.32 Å². The van der Waals surface area contributed by atoms with Crippen LogP contribution in [0.5, 0.6) is 0 Å².